The fraction of sp³-hybridized carbons (Fsp3) is 0.667. The second-order valence-corrected chi connectivity index (χ2v) is 7.97. The highest BCUT2D eigenvalue weighted by atomic mass is 79.9. The highest BCUT2D eigenvalue weighted by molar-refractivity contribution is 9.09. The molecule has 0 amide bonds. The van der Waals surface area contributed by atoms with Crippen molar-refractivity contribution in [2.75, 3.05) is 0 Å². The van der Waals surface area contributed by atoms with E-state index in [9.17, 15) is 8.78 Å². The third-order valence-electron chi connectivity index (χ3n) is 5.55. The van der Waals surface area contributed by atoms with E-state index in [2.05, 4.69) is 15.9 Å². The van der Waals surface area contributed by atoms with Crippen LogP contribution in [0.5, 0.6) is 0 Å². The summed E-state index contributed by atoms with van der Waals surface area (Å²) in [6.45, 7) is 0. The summed E-state index contributed by atoms with van der Waals surface area (Å²) < 4.78 is 27.6. The summed E-state index contributed by atoms with van der Waals surface area (Å²) in [7, 11) is 0. The molecule has 3 heteroatoms. The lowest BCUT2D eigenvalue weighted by Crippen LogP contribution is -2.32. The Labute approximate surface area is 134 Å². The minimum atomic E-state index is -0.411. The fourth-order valence-corrected chi connectivity index (χ4v) is 5.13. The molecule has 0 heterocycles. The molecule has 0 spiro atoms. The lowest BCUT2D eigenvalue weighted by molar-refractivity contribution is 0.129. The molecule has 1 aromatic carbocycles. The zero-order valence-corrected chi connectivity index (χ0v) is 13.9. The van der Waals surface area contributed by atoms with Crippen molar-refractivity contribution in [1.82, 2.24) is 0 Å². The predicted octanol–water partition coefficient (Wildman–Crippen LogP) is 5.88. The van der Waals surface area contributed by atoms with Crippen molar-refractivity contribution in [1.29, 1.82) is 0 Å². The summed E-state index contributed by atoms with van der Waals surface area (Å²) in [5.74, 6) is 1.50. The van der Waals surface area contributed by atoms with Gasteiger partial charge in [-0.2, -0.15) is 0 Å². The van der Waals surface area contributed by atoms with Crippen molar-refractivity contribution in [3.05, 3.63) is 35.4 Å². The van der Waals surface area contributed by atoms with Gasteiger partial charge in [-0.15, -0.1) is 0 Å². The summed E-state index contributed by atoms with van der Waals surface area (Å²) in [5.41, 5.74) is 0.241. The number of alkyl halides is 1. The molecular weight excluding hydrogens is 334 g/mol. The maximum Gasteiger partial charge on any atom is 0.129 e. The Hall–Kier alpha value is -0.440. The average Bonchev–Trinajstić information content (AvgIpc) is 2.50. The SMILES string of the molecule is Fc1cccc(F)c1CC(Br)C1CCC2CCCCC2C1. The first-order valence-electron chi connectivity index (χ1n) is 8.22. The molecule has 0 radical (unpaired) electrons. The van der Waals surface area contributed by atoms with E-state index in [-0.39, 0.29) is 10.4 Å². The third-order valence-corrected chi connectivity index (χ3v) is 6.62. The Morgan fingerprint density at radius 1 is 1.00 bits per heavy atom. The number of benzene rings is 1. The molecule has 0 aromatic heterocycles. The van der Waals surface area contributed by atoms with Crippen molar-refractivity contribution < 1.29 is 8.78 Å². The van der Waals surface area contributed by atoms with Gasteiger partial charge < -0.3 is 0 Å². The van der Waals surface area contributed by atoms with Crippen LogP contribution in [0.15, 0.2) is 18.2 Å². The van der Waals surface area contributed by atoms with Crippen LogP contribution >= 0.6 is 15.9 Å². The maximum absolute atomic E-state index is 13.8. The normalized spacial score (nSPS) is 30.7. The van der Waals surface area contributed by atoms with Crippen LogP contribution in [0, 0.1) is 29.4 Å². The van der Waals surface area contributed by atoms with Crippen LogP contribution in [0.25, 0.3) is 0 Å². The van der Waals surface area contributed by atoms with Gasteiger partial charge in [0.1, 0.15) is 11.6 Å². The van der Waals surface area contributed by atoms with Crippen LogP contribution in [0.4, 0.5) is 8.78 Å². The average molecular weight is 357 g/mol. The molecule has 0 saturated heterocycles. The van der Waals surface area contributed by atoms with Gasteiger partial charge in [0.15, 0.2) is 0 Å². The standard InChI is InChI=1S/C18H23BrF2/c19-16(11-15-17(20)6-3-7-18(15)21)14-9-8-12-4-1-2-5-13(12)10-14/h3,6-7,12-14,16H,1-2,4-5,8-11H2. The molecule has 116 valence electrons. The van der Waals surface area contributed by atoms with E-state index in [4.69, 9.17) is 0 Å². The van der Waals surface area contributed by atoms with E-state index in [1.54, 1.807) is 0 Å². The number of fused-ring (bicyclic) bond motifs is 1. The molecule has 2 fully saturated rings. The van der Waals surface area contributed by atoms with E-state index < -0.39 is 11.6 Å². The van der Waals surface area contributed by atoms with Gasteiger partial charge in [0.05, 0.1) is 0 Å². The molecule has 3 rings (SSSR count). The Kier molecular flexibility index (Phi) is 4.98. The Bertz CT molecular complexity index is 468. The molecule has 4 unspecified atom stereocenters. The summed E-state index contributed by atoms with van der Waals surface area (Å²) >= 11 is 3.73. The van der Waals surface area contributed by atoms with Crippen molar-refractivity contribution in [2.45, 2.75) is 56.2 Å². The maximum atomic E-state index is 13.8. The first kappa shape index (κ1) is 15.5. The fourth-order valence-electron chi connectivity index (χ4n) is 4.33. The van der Waals surface area contributed by atoms with Gasteiger partial charge in [-0.3, -0.25) is 0 Å². The summed E-state index contributed by atoms with van der Waals surface area (Å²) in [4.78, 5) is 0.187. The molecule has 0 bridgehead atoms. The quantitative estimate of drug-likeness (QED) is 0.593. The minimum absolute atomic E-state index is 0.187. The summed E-state index contributed by atoms with van der Waals surface area (Å²) in [6, 6.07) is 4.15. The van der Waals surface area contributed by atoms with Crippen molar-refractivity contribution in [2.24, 2.45) is 17.8 Å². The van der Waals surface area contributed by atoms with Crippen LogP contribution in [-0.2, 0) is 6.42 Å². The van der Waals surface area contributed by atoms with Crippen molar-refractivity contribution in [3.63, 3.8) is 0 Å². The summed E-state index contributed by atoms with van der Waals surface area (Å²) in [6.07, 6.45) is 9.70. The van der Waals surface area contributed by atoms with E-state index in [1.807, 2.05) is 0 Å². The van der Waals surface area contributed by atoms with Crippen LogP contribution in [-0.4, -0.2) is 4.83 Å². The minimum Gasteiger partial charge on any atom is -0.207 e. The van der Waals surface area contributed by atoms with E-state index in [0.29, 0.717) is 12.3 Å². The van der Waals surface area contributed by atoms with Crippen molar-refractivity contribution >= 4 is 15.9 Å². The third kappa shape index (κ3) is 3.49. The van der Waals surface area contributed by atoms with Crippen LogP contribution in [0.3, 0.4) is 0 Å². The Balaban J connectivity index is 1.64. The molecule has 0 aliphatic heterocycles. The molecule has 0 nitrogen and oxygen atoms in total. The predicted molar refractivity (Wildman–Crippen MR) is 85.6 cm³/mol. The van der Waals surface area contributed by atoms with Gasteiger partial charge in [-0.1, -0.05) is 47.7 Å². The monoisotopic (exact) mass is 356 g/mol. The molecule has 2 aliphatic carbocycles. The Morgan fingerprint density at radius 3 is 2.38 bits per heavy atom. The molecule has 2 aliphatic rings. The number of rotatable bonds is 3. The summed E-state index contributed by atoms with van der Waals surface area (Å²) in [5, 5.41) is 0. The topological polar surface area (TPSA) is 0 Å². The van der Waals surface area contributed by atoms with E-state index >= 15 is 0 Å². The van der Waals surface area contributed by atoms with Crippen LogP contribution in [0.1, 0.15) is 50.5 Å². The van der Waals surface area contributed by atoms with Crippen LogP contribution < -0.4 is 0 Å². The van der Waals surface area contributed by atoms with Gasteiger partial charge >= 0.3 is 0 Å². The van der Waals surface area contributed by atoms with Gasteiger partial charge in [0, 0.05) is 10.4 Å². The van der Waals surface area contributed by atoms with Gasteiger partial charge in [-0.25, -0.2) is 8.78 Å². The Morgan fingerprint density at radius 2 is 1.67 bits per heavy atom. The van der Waals surface area contributed by atoms with Crippen LogP contribution in [0.2, 0.25) is 0 Å². The molecule has 4 atom stereocenters. The number of hydrogen-bond acceptors (Lipinski definition) is 0. The van der Waals surface area contributed by atoms with Gasteiger partial charge in [0.2, 0.25) is 0 Å². The second-order valence-electron chi connectivity index (χ2n) is 6.80. The highest BCUT2D eigenvalue weighted by Crippen LogP contribution is 2.45. The molecule has 2 saturated carbocycles. The smallest absolute Gasteiger partial charge is 0.129 e. The van der Waals surface area contributed by atoms with Gasteiger partial charge in [-0.05, 0) is 55.6 Å². The lowest BCUT2D eigenvalue weighted by atomic mass is 9.66. The lowest BCUT2D eigenvalue weighted by Gasteiger charge is -2.41. The second kappa shape index (κ2) is 6.76. The van der Waals surface area contributed by atoms with Gasteiger partial charge in [0.25, 0.3) is 0 Å². The molecule has 21 heavy (non-hydrogen) atoms. The zero-order valence-electron chi connectivity index (χ0n) is 12.3. The number of halogens is 3. The highest BCUT2D eigenvalue weighted by Gasteiger charge is 2.35. The zero-order chi connectivity index (χ0) is 14.8. The van der Waals surface area contributed by atoms with E-state index in [1.165, 1.54) is 63.1 Å². The first-order chi connectivity index (χ1) is 10.1. The van der Waals surface area contributed by atoms with E-state index in [0.717, 1.165) is 11.8 Å². The molecule has 1 aromatic rings. The first-order valence-corrected chi connectivity index (χ1v) is 9.13. The largest absolute Gasteiger partial charge is 0.207 e. The number of hydrogen-bond donors (Lipinski definition) is 0. The molecular formula is C18H23BrF2. The molecule has 0 N–H and O–H groups in total. The van der Waals surface area contributed by atoms with Crippen molar-refractivity contribution in [3.8, 4) is 0 Å².